The van der Waals surface area contributed by atoms with Crippen LogP contribution in [0.1, 0.15) is 0 Å². The zero-order chi connectivity index (χ0) is 19.4. The van der Waals surface area contributed by atoms with Crippen molar-refractivity contribution in [1.82, 2.24) is 8.87 Å². The Morgan fingerprint density at radius 2 is 2.11 bits per heavy atom. The van der Waals surface area contributed by atoms with Crippen LogP contribution in [0.3, 0.4) is 0 Å². The van der Waals surface area contributed by atoms with E-state index >= 15 is 0 Å². The molecule has 3 aromatic rings. The molecule has 0 spiro atoms. The number of thiophene rings is 1. The van der Waals surface area contributed by atoms with E-state index in [4.69, 9.17) is 4.74 Å². The van der Waals surface area contributed by atoms with Gasteiger partial charge in [-0.2, -0.15) is 4.31 Å². The number of likely N-dealkylation sites (N-methyl/N-ethyl adjacent to an activating group) is 1. The average molecular weight is 408 g/mol. The van der Waals surface area contributed by atoms with Crippen LogP contribution in [0.5, 0.6) is 0 Å². The number of sulfonamides is 1. The Balaban J connectivity index is 1.67. The number of carbonyl (C=O) groups excluding carboxylic acids is 1. The van der Waals surface area contributed by atoms with E-state index in [2.05, 4.69) is 9.88 Å². The van der Waals surface area contributed by atoms with Crippen LogP contribution in [0, 0.1) is 0 Å². The zero-order valence-electron chi connectivity index (χ0n) is 15.1. The van der Waals surface area contributed by atoms with Crippen LogP contribution in [-0.4, -0.2) is 50.5 Å². The molecule has 27 heavy (non-hydrogen) atoms. The van der Waals surface area contributed by atoms with Crippen molar-refractivity contribution in [3.05, 3.63) is 48.0 Å². The quantitative estimate of drug-likeness (QED) is 0.622. The number of fused-ring (bicyclic) bond motifs is 1. The summed E-state index contributed by atoms with van der Waals surface area (Å²) in [6.45, 7) is 1.11. The van der Waals surface area contributed by atoms with Crippen molar-refractivity contribution in [2.45, 2.75) is 10.8 Å². The second-order valence-corrected chi connectivity index (χ2v) is 9.24. The van der Waals surface area contributed by atoms with E-state index in [-0.39, 0.29) is 10.8 Å². The third-order valence-corrected chi connectivity index (χ3v) is 7.29. The van der Waals surface area contributed by atoms with Gasteiger partial charge in [0.1, 0.15) is 4.21 Å². The number of aromatic nitrogens is 1. The van der Waals surface area contributed by atoms with Crippen LogP contribution in [0.2, 0.25) is 0 Å². The highest BCUT2D eigenvalue weighted by atomic mass is 32.2. The van der Waals surface area contributed by atoms with Gasteiger partial charge in [0.2, 0.25) is 5.91 Å². The number of rotatable bonds is 8. The maximum absolute atomic E-state index is 12.4. The minimum absolute atomic E-state index is 0.219. The highest BCUT2D eigenvalue weighted by Crippen LogP contribution is 2.22. The molecule has 0 unspecified atom stereocenters. The van der Waals surface area contributed by atoms with E-state index in [0.29, 0.717) is 12.3 Å². The van der Waals surface area contributed by atoms with E-state index in [1.165, 1.54) is 13.1 Å². The minimum Gasteiger partial charge on any atom is -0.383 e. The van der Waals surface area contributed by atoms with Crippen molar-refractivity contribution in [1.29, 1.82) is 0 Å². The summed E-state index contributed by atoms with van der Waals surface area (Å²) >= 11 is 1.13. The van der Waals surface area contributed by atoms with Gasteiger partial charge in [-0.25, -0.2) is 8.42 Å². The van der Waals surface area contributed by atoms with Gasteiger partial charge in [-0.3, -0.25) is 4.79 Å². The molecule has 1 amide bonds. The van der Waals surface area contributed by atoms with E-state index in [1.807, 2.05) is 24.4 Å². The van der Waals surface area contributed by atoms with E-state index in [1.54, 1.807) is 24.6 Å². The lowest BCUT2D eigenvalue weighted by Crippen LogP contribution is -2.34. The molecule has 7 nitrogen and oxygen atoms in total. The third kappa shape index (κ3) is 4.38. The van der Waals surface area contributed by atoms with Gasteiger partial charge in [-0.1, -0.05) is 6.07 Å². The summed E-state index contributed by atoms with van der Waals surface area (Å²) in [4.78, 5) is 12.3. The van der Waals surface area contributed by atoms with Gasteiger partial charge in [0.15, 0.2) is 0 Å². The van der Waals surface area contributed by atoms with E-state index < -0.39 is 15.9 Å². The largest absolute Gasteiger partial charge is 0.383 e. The lowest BCUT2D eigenvalue weighted by Gasteiger charge is -2.15. The Hall–Kier alpha value is -2.20. The number of anilines is 1. The predicted molar refractivity (Wildman–Crippen MR) is 107 cm³/mol. The molecule has 0 atom stereocenters. The summed E-state index contributed by atoms with van der Waals surface area (Å²) in [5.74, 6) is -0.393. The Morgan fingerprint density at radius 1 is 1.30 bits per heavy atom. The summed E-state index contributed by atoms with van der Waals surface area (Å²) in [5, 5.41) is 5.44. The summed E-state index contributed by atoms with van der Waals surface area (Å²) in [6, 6.07) is 10.7. The number of carbonyl (C=O) groups is 1. The highest BCUT2D eigenvalue weighted by Gasteiger charge is 2.23. The van der Waals surface area contributed by atoms with Crippen LogP contribution >= 0.6 is 11.3 Å². The summed E-state index contributed by atoms with van der Waals surface area (Å²) < 4.78 is 33.2. The first-order valence-electron chi connectivity index (χ1n) is 8.29. The van der Waals surface area contributed by atoms with Crippen molar-refractivity contribution in [2.24, 2.45) is 0 Å². The fraction of sp³-hybridized carbons (Fsp3) is 0.278. The molecule has 0 saturated carbocycles. The SMILES string of the molecule is COCCn1ccc2cc(NC(=O)CN(C)S(=O)(=O)c3cccs3)ccc21. The normalized spacial score (nSPS) is 12.0. The molecule has 3 rings (SSSR count). The number of hydrogen-bond donors (Lipinski definition) is 1. The van der Waals surface area contributed by atoms with Crippen LogP contribution in [0.25, 0.3) is 10.9 Å². The van der Waals surface area contributed by atoms with E-state index in [9.17, 15) is 13.2 Å². The zero-order valence-corrected chi connectivity index (χ0v) is 16.7. The van der Waals surface area contributed by atoms with Crippen molar-refractivity contribution >= 4 is 43.9 Å². The lowest BCUT2D eigenvalue weighted by atomic mass is 10.2. The Morgan fingerprint density at radius 3 is 2.81 bits per heavy atom. The molecule has 1 N–H and O–H groups in total. The Bertz CT molecular complexity index is 1030. The number of amides is 1. The van der Waals surface area contributed by atoms with Gasteiger partial charge in [0.25, 0.3) is 10.0 Å². The number of benzene rings is 1. The van der Waals surface area contributed by atoms with Crippen LogP contribution in [0.4, 0.5) is 5.69 Å². The number of nitrogens with zero attached hydrogens (tertiary/aromatic N) is 2. The average Bonchev–Trinajstić information content (AvgIpc) is 3.30. The smallest absolute Gasteiger partial charge is 0.252 e. The second-order valence-electron chi connectivity index (χ2n) is 6.02. The molecule has 1 aromatic carbocycles. The maximum atomic E-state index is 12.4. The molecule has 0 saturated heterocycles. The van der Waals surface area contributed by atoms with Gasteiger partial charge >= 0.3 is 0 Å². The monoisotopic (exact) mass is 407 g/mol. The molecule has 0 radical (unpaired) electrons. The predicted octanol–water partition coefficient (Wildman–Crippen LogP) is 2.61. The van der Waals surface area contributed by atoms with Crippen LogP contribution < -0.4 is 5.32 Å². The third-order valence-electron chi connectivity index (χ3n) is 4.12. The number of ether oxygens (including phenoxy) is 1. The van der Waals surface area contributed by atoms with Crippen molar-refractivity contribution in [2.75, 3.05) is 32.6 Å². The van der Waals surface area contributed by atoms with E-state index in [0.717, 1.165) is 33.1 Å². The second kappa shape index (κ2) is 8.22. The highest BCUT2D eigenvalue weighted by molar-refractivity contribution is 7.91. The minimum atomic E-state index is -3.65. The van der Waals surface area contributed by atoms with Crippen molar-refractivity contribution < 1.29 is 17.9 Å². The first-order chi connectivity index (χ1) is 12.9. The molecule has 9 heteroatoms. The van der Waals surface area contributed by atoms with Crippen LogP contribution in [0.15, 0.2) is 52.2 Å². The first-order valence-corrected chi connectivity index (χ1v) is 10.6. The number of hydrogen-bond acceptors (Lipinski definition) is 5. The fourth-order valence-electron chi connectivity index (χ4n) is 2.71. The Labute approximate surface area is 162 Å². The lowest BCUT2D eigenvalue weighted by molar-refractivity contribution is -0.116. The molecular formula is C18H21N3O4S2. The maximum Gasteiger partial charge on any atom is 0.252 e. The Kier molecular flexibility index (Phi) is 5.95. The van der Waals surface area contributed by atoms with Crippen molar-refractivity contribution in [3.63, 3.8) is 0 Å². The van der Waals surface area contributed by atoms with Crippen LogP contribution in [-0.2, 0) is 26.1 Å². The number of nitrogens with one attached hydrogen (secondary N) is 1. The summed E-state index contributed by atoms with van der Waals surface area (Å²) in [6.07, 6.45) is 1.97. The molecule has 0 fully saturated rings. The van der Waals surface area contributed by atoms with Gasteiger partial charge in [-0.15, -0.1) is 11.3 Å². The topological polar surface area (TPSA) is 80.6 Å². The van der Waals surface area contributed by atoms with Gasteiger partial charge in [-0.05, 0) is 35.7 Å². The number of methoxy groups -OCH3 is 1. The molecule has 2 heterocycles. The molecular weight excluding hydrogens is 386 g/mol. The van der Waals surface area contributed by atoms with Gasteiger partial charge in [0, 0.05) is 43.5 Å². The van der Waals surface area contributed by atoms with Gasteiger partial charge in [0.05, 0.1) is 13.2 Å². The first kappa shape index (κ1) is 19.6. The summed E-state index contributed by atoms with van der Waals surface area (Å²) in [7, 11) is -0.589. The van der Waals surface area contributed by atoms with Gasteiger partial charge < -0.3 is 14.6 Å². The molecule has 0 bridgehead atoms. The summed E-state index contributed by atoms with van der Waals surface area (Å²) in [5.41, 5.74) is 1.67. The molecule has 0 aliphatic rings. The fourth-order valence-corrected chi connectivity index (χ4v) is 5.04. The standard InChI is InChI=1S/C18H21N3O4S2/c1-20(27(23,24)18-4-3-11-26-18)13-17(22)19-15-5-6-16-14(12-15)7-8-21(16)9-10-25-2/h3-8,11-12H,9-10,13H2,1-2H3,(H,19,22). The molecule has 0 aliphatic carbocycles. The molecule has 2 aromatic heterocycles. The van der Waals surface area contributed by atoms with Crippen molar-refractivity contribution in [3.8, 4) is 0 Å². The molecule has 0 aliphatic heterocycles. The molecule has 144 valence electrons.